The van der Waals surface area contributed by atoms with Crippen LogP contribution in [0.1, 0.15) is 20.8 Å². The molecule has 0 rings (SSSR count). The van der Waals surface area contributed by atoms with Crippen molar-refractivity contribution in [3.05, 3.63) is 24.3 Å². The van der Waals surface area contributed by atoms with Gasteiger partial charge in [0.15, 0.2) is 0 Å². The van der Waals surface area contributed by atoms with Crippen molar-refractivity contribution < 1.29 is 9.53 Å². The molecule has 0 aliphatic carbocycles. The van der Waals surface area contributed by atoms with Gasteiger partial charge in [-0.15, -0.1) is 0 Å². The van der Waals surface area contributed by atoms with Crippen molar-refractivity contribution in [2.75, 3.05) is 6.61 Å². The molecule has 0 aromatic rings. The minimum atomic E-state index is -0.343. The zero-order valence-corrected chi connectivity index (χ0v) is 8.02. The lowest BCUT2D eigenvalue weighted by atomic mass is 9.95. The number of rotatable bonds is 4. The smallest absolute Gasteiger partial charge is 0.317 e. The highest BCUT2D eigenvalue weighted by molar-refractivity contribution is 5.78. The molecule has 0 amide bonds. The molecule has 0 saturated heterocycles. The van der Waals surface area contributed by atoms with Crippen LogP contribution in [0.2, 0.25) is 0 Å². The maximum Gasteiger partial charge on any atom is 0.317 e. The van der Waals surface area contributed by atoms with E-state index in [1.54, 1.807) is 20.8 Å². The van der Waals surface area contributed by atoms with Gasteiger partial charge in [0.05, 0.1) is 12.5 Å². The van der Waals surface area contributed by atoms with Crippen molar-refractivity contribution in [1.29, 1.82) is 0 Å². The largest absolute Gasteiger partial charge is 0.465 e. The van der Waals surface area contributed by atoms with Gasteiger partial charge in [0.1, 0.15) is 0 Å². The average molecular weight is 168 g/mol. The molecule has 0 atom stereocenters. The minimum Gasteiger partial charge on any atom is -0.465 e. The highest BCUT2D eigenvalue weighted by atomic mass is 16.5. The molecule has 0 aliphatic heterocycles. The minimum absolute atomic E-state index is 0.252. The van der Waals surface area contributed by atoms with Crippen LogP contribution in [0, 0.1) is 5.92 Å². The molecule has 0 radical (unpaired) electrons. The summed E-state index contributed by atoms with van der Waals surface area (Å²) in [5.41, 5.74) is 1.56. The van der Waals surface area contributed by atoms with Crippen molar-refractivity contribution >= 4 is 5.97 Å². The number of hydrogen-bond donors (Lipinski definition) is 0. The van der Waals surface area contributed by atoms with E-state index in [-0.39, 0.29) is 11.9 Å². The summed E-state index contributed by atoms with van der Waals surface area (Å²) in [7, 11) is 0. The van der Waals surface area contributed by atoms with E-state index in [4.69, 9.17) is 4.74 Å². The van der Waals surface area contributed by atoms with Crippen LogP contribution in [0.5, 0.6) is 0 Å². The summed E-state index contributed by atoms with van der Waals surface area (Å²) in [6.45, 7) is 13.2. The Labute approximate surface area is 73.9 Å². The molecule has 0 N–H and O–H groups in total. The second-order valence-electron chi connectivity index (χ2n) is 2.88. The quantitative estimate of drug-likeness (QED) is 0.475. The number of ether oxygens (including phenoxy) is 1. The van der Waals surface area contributed by atoms with Crippen LogP contribution in [-0.2, 0) is 9.53 Å². The SMILES string of the molecule is C=C(C)C(C(=C)C)C(=O)OCC. The van der Waals surface area contributed by atoms with Crippen molar-refractivity contribution in [2.45, 2.75) is 20.8 Å². The zero-order valence-electron chi connectivity index (χ0n) is 8.02. The van der Waals surface area contributed by atoms with Gasteiger partial charge in [-0.2, -0.15) is 0 Å². The average Bonchev–Trinajstić information content (AvgIpc) is 1.85. The van der Waals surface area contributed by atoms with Crippen LogP contribution >= 0.6 is 0 Å². The number of carbonyl (C=O) groups excluding carboxylic acids is 1. The summed E-state index contributed by atoms with van der Waals surface area (Å²) >= 11 is 0. The third-order valence-corrected chi connectivity index (χ3v) is 1.51. The Hall–Kier alpha value is -1.05. The van der Waals surface area contributed by atoms with Gasteiger partial charge in [-0.05, 0) is 20.8 Å². The van der Waals surface area contributed by atoms with Gasteiger partial charge in [-0.25, -0.2) is 0 Å². The molecule has 0 aromatic carbocycles. The molecule has 2 nitrogen and oxygen atoms in total. The molecular formula is C10H16O2. The molecule has 2 heteroatoms. The number of esters is 1. The molecule has 0 heterocycles. The third-order valence-electron chi connectivity index (χ3n) is 1.51. The maximum atomic E-state index is 11.3. The van der Waals surface area contributed by atoms with E-state index in [9.17, 15) is 4.79 Å². The van der Waals surface area contributed by atoms with Crippen LogP contribution in [0.3, 0.4) is 0 Å². The molecular weight excluding hydrogens is 152 g/mol. The fourth-order valence-electron chi connectivity index (χ4n) is 1.05. The molecule has 68 valence electrons. The van der Waals surface area contributed by atoms with Gasteiger partial charge in [0, 0.05) is 0 Å². The Morgan fingerprint density at radius 3 is 2.00 bits per heavy atom. The summed E-state index contributed by atoms with van der Waals surface area (Å²) in [5.74, 6) is -0.595. The molecule has 0 unspecified atom stereocenters. The van der Waals surface area contributed by atoms with Crippen molar-refractivity contribution in [3.63, 3.8) is 0 Å². The predicted octanol–water partition coefficient (Wildman–Crippen LogP) is 2.32. The lowest BCUT2D eigenvalue weighted by Crippen LogP contribution is -2.19. The topological polar surface area (TPSA) is 26.3 Å². The molecule has 12 heavy (non-hydrogen) atoms. The normalized spacial score (nSPS) is 9.67. The third kappa shape index (κ3) is 2.91. The summed E-state index contributed by atoms with van der Waals surface area (Å²) in [6, 6.07) is 0. The van der Waals surface area contributed by atoms with E-state index in [0.29, 0.717) is 6.61 Å². The van der Waals surface area contributed by atoms with E-state index in [2.05, 4.69) is 13.2 Å². The monoisotopic (exact) mass is 168 g/mol. The van der Waals surface area contributed by atoms with Crippen LogP contribution < -0.4 is 0 Å². The van der Waals surface area contributed by atoms with Crippen LogP contribution in [0.4, 0.5) is 0 Å². The summed E-state index contributed by atoms with van der Waals surface area (Å²) in [4.78, 5) is 11.3. The first kappa shape index (κ1) is 11.0. The molecule has 0 aromatic heterocycles. The Balaban J connectivity index is 4.41. The van der Waals surface area contributed by atoms with Crippen molar-refractivity contribution in [1.82, 2.24) is 0 Å². The van der Waals surface area contributed by atoms with E-state index in [1.807, 2.05) is 0 Å². The Morgan fingerprint density at radius 2 is 1.75 bits per heavy atom. The Kier molecular flexibility index (Phi) is 4.34. The van der Waals surface area contributed by atoms with Gasteiger partial charge in [0.25, 0.3) is 0 Å². The van der Waals surface area contributed by atoms with Gasteiger partial charge < -0.3 is 4.74 Å². The van der Waals surface area contributed by atoms with Crippen molar-refractivity contribution in [3.8, 4) is 0 Å². The Morgan fingerprint density at radius 1 is 1.33 bits per heavy atom. The molecule has 0 fully saturated rings. The van der Waals surface area contributed by atoms with Gasteiger partial charge in [0.2, 0.25) is 0 Å². The predicted molar refractivity (Wildman–Crippen MR) is 49.8 cm³/mol. The van der Waals surface area contributed by atoms with E-state index < -0.39 is 0 Å². The van der Waals surface area contributed by atoms with Gasteiger partial charge >= 0.3 is 5.97 Å². The molecule has 0 saturated carbocycles. The first-order valence-electron chi connectivity index (χ1n) is 3.98. The van der Waals surface area contributed by atoms with Gasteiger partial charge in [-0.1, -0.05) is 24.3 Å². The van der Waals surface area contributed by atoms with Crippen LogP contribution in [-0.4, -0.2) is 12.6 Å². The first-order valence-corrected chi connectivity index (χ1v) is 3.98. The first-order chi connectivity index (χ1) is 5.50. The van der Waals surface area contributed by atoms with E-state index in [1.165, 1.54) is 0 Å². The number of hydrogen-bond acceptors (Lipinski definition) is 2. The molecule has 0 spiro atoms. The highest BCUT2D eigenvalue weighted by Gasteiger charge is 2.20. The van der Waals surface area contributed by atoms with Crippen LogP contribution in [0.15, 0.2) is 24.3 Å². The second-order valence-corrected chi connectivity index (χ2v) is 2.88. The summed E-state index contributed by atoms with van der Waals surface area (Å²) < 4.78 is 4.87. The molecule has 0 bridgehead atoms. The van der Waals surface area contributed by atoms with Crippen LogP contribution in [0.25, 0.3) is 0 Å². The zero-order chi connectivity index (χ0) is 9.72. The summed E-state index contributed by atoms with van der Waals surface area (Å²) in [6.07, 6.45) is 0. The highest BCUT2D eigenvalue weighted by Crippen LogP contribution is 2.18. The maximum absolute atomic E-state index is 11.3. The standard InChI is InChI=1S/C10H16O2/c1-6-12-10(11)9(7(2)3)8(4)5/h9H,2,4,6H2,1,3,5H3. The second kappa shape index (κ2) is 4.75. The lowest BCUT2D eigenvalue weighted by molar-refractivity contribution is -0.145. The number of carbonyl (C=O) groups is 1. The van der Waals surface area contributed by atoms with Gasteiger partial charge in [-0.3, -0.25) is 4.79 Å². The van der Waals surface area contributed by atoms with E-state index in [0.717, 1.165) is 11.1 Å². The fourth-order valence-corrected chi connectivity index (χ4v) is 1.05. The fraction of sp³-hybridized carbons (Fsp3) is 0.500. The van der Waals surface area contributed by atoms with Crippen molar-refractivity contribution in [2.24, 2.45) is 5.92 Å². The lowest BCUT2D eigenvalue weighted by Gasteiger charge is -2.14. The summed E-state index contributed by atoms with van der Waals surface area (Å²) in [5, 5.41) is 0. The Bertz CT molecular complexity index is 190. The van der Waals surface area contributed by atoms with E-state index >= 15 is 0 Å². The molecule has 0 aliphatic rings.